The zero-order chi connectivity index (χ0) is 13.0. The third-order valence-electron chi connectivity index (χ3n) is 2.62. The van der Waals surface area contributed by atoms with Crippen molar-refractivity contribution in [2.75, 3.05) is 12.4 Å². The molecule has 0 radical (unpaired) electrons. The summed E-state index contributed by atoms with van der Waals surface area (Å²) in [5.41, 5.74) is 2.23. The van der Waals surface area contributed by atoms with Crippen LogP contribution in [0.15, 0.2) is 28.7 Å². The van der Waals surface area contributed by atoms with Gasteiger partial charge in [0, 0.05) is 5.69 Å². The van der Waals surface area contributed by atoms with E-state index in [2.05, 4.69) is 40.7 Å². The summed E-state index contributed by atoms with van der Waals surface area (Å²) in [6.07, 6.45) is 0. The summed E-state index contributed by atoms with van der Waals surface area (Å²) >= 11 is 0. The number of hydrogen-bond donors (Lipinski definition) is 2. The van der Waals surface area contributed by atoms with Crippen molar-refractivity contribution in [3.63, 3.8) is 0 Å². The molecule has 96 valence electrons. The number of para-hydroxylation sites is 1. The molecule has 0 atom stereocenters. The van der Waals surface area contributed by atoms with E-state index in [1.807, 2.05) is 25.2 Å². The van der Waals surface area contributed by atoms with Gasteiger partial charge in [0.25, 0.3) is 0 Å². The lowest BCUT2D eigenvalue weighted by atomic mass is 10.0. The first-order chi connectivity index (χ1) is 8.70. The molecule has 0 saturated carbocycles. The molecule has 18 heavy (non-hydrogen) atoms. The van der Waals surface area contributed by atoms with Gasteiger partial charge in [-0.2, -0.15) is 0 Å². The maximum Gasteiger partial charge on any atom is 0.320 e. The quantitative estimate of drug-likeness (QED) is 0.849. The first-order valence-electron chi connectivity index (χ1n) is 6.03. The molecule has 0 aliphatic carbocycles. The maximum atomic E-state index is 5.47. The van der Waals surface area contributed by atoms with Crippen LogP contribution in [0.2, 0.25) is 0 Å². The average Bonchev–Trinajstić information content (AvgIpc) is 2.77. The van der Waals surface area contributed by atoms with Crippen LogP contribution in [-0.2, 0) is 6.54 Å². The SMILES string of the molecule is CNCc1nnc(Nc2ccccc2C(C)C)o1. The molecule has 0 saturated heterocycles. The largest absolute Gasteiger partial charge is 0.406 e. The molecule has 0 bridgehead atoms. The van der Waals surface area contributed by atoms with Gasteiger partial charge < -0.3 is 15.1 Å². The van der Waals surface area contributed by atoms with Gasteiger partial charge in [0.1, 0.15) is 0 Å². The Bertz CT molecular complexity index is 507. The van der Waals surface area contributed by atoms with Crippen LogP contribution in [0.1, 0.15) is 31.2 Å². The second-order valence-electron chi connectivity index (χ2n) is 4.40. The fraction of sp³-hybridized carbons (Fsp3) is 0.385. The van der Waals surface area contributed by atoms with E-state index in [9.17, 15) is 0 Å². The van der Waals surface area contributed by atoms with Gasteiger partial charge in [-0.05, 0) is 24.6 Å². The lowest BCUT2D eigenvalue weighted by molar-refractivity contribution is 0.493. The standard InChI is InChI=1S/C13H18N4O/c1-9(2)10-6-4-5-7-11(10)15-13-17-16-12(18-13)8-14-3/h4-7,9,14H,8H2,1-3H3,(H,15,17). The van der Waals surface area contributed by atoms with Crippen molar-refractivity contribution in [2.24, 2.45) is 0 Å². The summed E-state index contributed by atoms with van der Waals surface area (Å²) < 4.78 is 5.47. The Hall–Kier alpha value is -1.88. The zero-order valence-corrected chi connectivity index (χ0v) is 10.9. The highest BCUT2D eigenvalue weighted by molar-refractivity contribution is 5.58. The monoisotopic (exact) mass is 246 g/mol. The Balaban J connectivity index is 2.17. The molecule has 2 aromatic rings. The molecule has 5 heteroatoms. The summed E-state index contributed by atoms with van der Waals surface area (Å²) in [7, 11) is 1.84. The molecule has 0 unspecified atom stereocenters. The van der Waals surface area contributed by atoms with Gasteiger partial charge in [0.05, 0.1) is 6.54 Å². The van der Waals surface area contributed by atoms with Gasteiger partial charge in [-0.25, -0.2) is 0 Å². The molecule has 1 aromatic carbocycles. The minimum atomic E-state index is 0.424. The van der Waals surface area contributed by atoms with Crippen molar-refractivity contribution in [2.45, 2.75) is 26.3 Å². The van der Waals surface area contributed by atoms with Crippen molar-refractivity contribution in [1.82, 2.24) is 15.5 Å². The molecule has 2 rings (SSSR count). The van der Waals surface area contributed by atoms with Crippen molar-refractivity contribution < 1.29 is 4.42 Å². The molecule has 0 fully saturated rings. The first-order valence-corrected chi connectivity index (χ1v) is 6.03. The number of rotatable bonds is 5. The van der Waals surface area contributed by atoms with Crippen LogP contribution in [0.5, 0.6) is 0 Å². The number of anilines is 2. The Morgan fingerprint density at radius 2 is 2.00 bits per heavy atom. The fourth-order valence-electron chi connectivity index (χ4n) is 1.76. The Kier molecular flexibility index (Phi) is 3.94. The van der Waals surface area contributed by atoms with Gasteiger partial charge >= 0.3 is 6.01 Å². The van der Waals surface area contributed by atoms with Gasteiger partial charge in [0.15, 0.2) is 0 Å². The Morgan fingerprint density at radius 3 is 2.72 bits per heavy atom. The van der Waals surface area contributed by atoms with Crippen molar-refractivity contribution >= 4 is 11.7 Å². The lowest BCUT2D eigenvalue weighted by Gasteiger charge is -2.11. The van der Waals surface area contributed by atoms with E-state index < -0.39 is 0 Å². The van der Waals surface area contributed by atoms with Crippen LogP contribution < -0.4 is 10.6 Å². The maximum absolute atomic E-state index is 5.47. The summed E-state index contributed by atoms with van der Waals surface area (Å²) in [4.78, 5) is 0. The Labute approximate surface area is 107 Å². The second-order valence-corrected chi connectivity index (χ2v) is 4.40. The molecular weight excluding hydrogens is 228 g/mol. The van der Waals surface area contributed by atoms with Gasteiger partial charge in [-0.1, -0.05) is 37.1 Å². The third-order valence-corrected chi connectivity index (χ3v) is 2.62. The van der Waals surface area contributed by atoms with Gasteiger partial charge in [-0.3, -0.25) is 0 Å². The van der Waals surface area contributed by atoms with E-state index in [0.717, 1.165) is 5.69 Å². The molecule has 2 N–H and O–H groups in total. The third kappa shape index (κ3) is 2.87. The zero-order valence-electron chi connectivity index (χ0n) is 10.9. The van der Waals surface area contributed by atoms with E-state index in [-0.39, 0.29) is 0 Å². The lowest BCUT2D eigenvalue weighted by Crippen LogP contribution is -2.04. The van der Waals surface area contributed by atoms with Crippen LogP contribution in [-0.4, -0.2) is 17.2 Å². The highest BCUT2D eigenvalue weighted by atomic mass is 16.4. The molecule has 0 spiro atoms. The number of aromatic nitrogens is 2. The first kappa shape index (κ1) is 12.6. The van der Waals surface area contributed by atoms with Gasteiger partial charge in [0.2, 0.25) is 5.89 Å². The van der Waals surface area contributed by atoms with Crippen LogP contribution in [0.25, 0.3) is 0 Å². The molecular formula is C13H18N4O. The molecule has 5 nitrogen and oxygen atoms in total. The predicted molar refractivity (Wildman–Crippen MR) is 70.9 cm³/mol. The summed E-state index contributed by atoms with van der Waals surface area (Å²) in [6, 6.07) is 8.54. The van der Waals surface area contributed by atoms with E-state index in [0.29, 0.717) is 24.4 Å². The summed E-state index contributed by atoms with van der Waals surface area (Å²) in [5.74, 6) is 1.01. The molecule has 0 aliphatic heterocycles. The number of hydrogen-bond acceptors (Lipinski definition) is 5. The number of nitrogens with one attached hydrogen (secondary N) is 2. The fourth-order valence-corrected chi connectivity index (χ4v) is 1.76. The smallest absolute Gasteiger partial charge is 0.320 e. The molecule has 1 heterocycles. The number of nitrogens with zero attached hydrogens (tertiary/aromatic N) is 2. The van der Waals surface area contributed by atoms with Crippen molar-refractivity contribution in [1.29, 1.82) is 0 Å². The average molecular weight is 246 g/mol. The summed E-state index contributed by atoms with van der Waals surface area (Å²) in [6.45, 7) is 4.88. The highest BCUT2D eigenvalue weighted by Crippen LogP contribution is 2.26. The van der Waals surface area contributed by atoms with E-state index in [1.54, 1.807) is 0 Å². The number of benzene rings is 1. The molecule has 0 amide bonds. The predicted octanol–water partition coefficient (Wildman–Crippen LogP) is 2.66. The van der Waals surface area contributed by atoms with Gasteiger partial charge in [-0.15, -0.1) is 5.10 Å². The topological polar surface area (TPSA) is 63.0 Å². The minimum absolute atomic E-state index is 0.424. The van der Waals surface area contributed by atoms with Crippen LogP contribution >= 0.6 is 0 Å². The second kappa shape index (κ2) is 5.64. The molecule has 1 aromatic heterocycles. The van der Waals surface area contributed by atoms with Crippen molar-refractivity contribution in [3.05, 3.63) is 35.7 Å². The van der Waals surface area contributed by atoms with E-state index in [1.165, 1.54) is 5.56 Å². The van der Waals surface area contributed by atoms with Crippen LogP contribution in [0.3, 0.4) is 0 Å². The van der Waals surface area contributed by atoms with Crippen LogP contribution in [0, 0.1) is 0 Å². The van der Waals surface area contributed by atoms with Crippen LogP contribution in [0.4, 0.5) is 11.7 Å². The summed E-state index contributed by atoms with van der Waals surface area (Å²) in [5, 5.41) is 14.0. The Morgan fingerprint density at radius 1 is 1.22 bits per heavy atom. The highest BCUT2D eigenvalue weighted by Gasteiger charge is 2.09. The van der Waals surface area contributed by atoms with Crippen molar-refractivity contribution in [3.8, 4) is 0 Å². The minimum Gasteiger partial charge on any atom is -0.406 e. The molecule has 0 aliphatic rings. The van der Waals surface area contributed by atoms with E-state index >= 15 is 0 Å². The normalized spacial score (nSPS) is 10.9. The van der Waals surface area contributed by atoms with E-state index in [4.69, 9.17) is 4.42 Å².